The minimum Gasteiger partial charge on any atom is -0.385 e. The molecule has 18 heavy (non-hydrogen) atoms. The van der Waals surface area contributed by atoms with Gasteiger partial charge in [-0.2, -0.15) is 5.26 Å². The molecule has 1 heterocycles. The van der Waals surface area contributed by atoms with E-state index in [4.69, 9.17) is 11.0 Å². The molecule has 1 aromatic rings. The van der Waals surface area contributed by atoms with E-state index in [1.807, 2.05) is 6.07 Å². The van der Waals surface area contributed by atoms with Crippen LogP contribution in [0.15, 0.2) is 42.2 Å². The molecule has 1 fully saturated rings. The number of likely N-dealkylation sites (tertiary alicyclic amines) is 1. The Labute approximate surface area is 109 Å². The highest BCUT2D eigenvalue weighted by Gasteiger charge is 2.19. The minimum atomic E-state index is 0.607. The van der Waals surface area contributed by atoms with Gasteiger partial charge in [0.15, 0.2) is 0 Å². The number of hydrogen-bond acceptors (Lipinski definition) is 3. The van der Waals surface area contributed by atoms with E-state index in [1.165, 1.54) is 11.6 Å². The van der Waals surface area contributed by atoms with Gasteiger partial charge in [-0.1, -0.05) is 30.3 Å². The Morgan fingerprint density at radius 2 is 2.00 bits per heavy atom. The van der Waals surface area contributed by atoms with Crippen molar-refractivity contribution in [1.29, 1.82) is 5.26 Å². The molecule has 0 radical (unpaired) electrons. The van der Waals surface area contributed by atoms with Crippen molar-refractivity contribution in [3.63, 3.8) is 0 Å². The standard InChI is InChI=1S/C15H19N3/c16-9-6-15(17)18-10-7-14(8-11-18)12-13-4-2-1-3-5-13/h1-6,14H,7-8,10-12,17H2. The fourth-order valence-corrected chi connectivity index (χ4v) is 2.50. The maximum absolute atomic E-state index is 8.58. The molecule has 1 aliphatic heterocycles. The van der Waals surface area contributed by atoms with Crippen LogP contribution < -0.4 is 5.73 Å². The smallest absolute Gasteiger partial charge is 0.109 e. The van der Waals surface area contributed by atoms with Gasteiger partial charge in [0.05, 0.1) is 12.1 Å². The number of nitrogens with zero attached hydrogens (tertiary/aromatic N) is 2. The minimum absolute atomic E-state index is 0.607. The first kappa shape index (κ1) is 12.5. The molecule has 0 saturated carbocycles. The van der Waals surface area contributed by atoms with Crippen molar-refractivity contribution >= 4 is 0 Å². The first-order valence-electron chi connectivity index (χ1n) is 6.43. The van der Waals surface area contributed by atoms with Gasteiger partial charge in [0.1, 0.15) is 5.82 Å². The second-order valence-electron chi connectivity index (χ2n) is 4.82. The Hall–Kier alpha value is -1.95. The van der Waals surface area contributed by atoms with Crippen LogP contribution in [0.25, 0.3) is 0 Å². The molecule has 1 aliphatic rings. The number of hydrogen-bond donors (Lipinski definition) is 1. The van der Waals surface area contributed by atoms with Crippen LogP contribution in [0.1, 0.15) is 18.4 Å². The molecule has 0 bridgehead atoms. The van der Waals surface area contributed by atoms with E-state index in [0.29, 0.717) is 5.82 Å². The monoisotopic (exact) mass is 241 g/mol. The quantitative estimate of drug-likeness (QED) is 0.826. The lowest BCUT2D eigenvalue weighted by Gasteiger charge is -2.33. The molecule has 0 atom stereocenters. The maximum atomic E-state index is 8.58. The summed E-state index contributed by atoms with van der Waals surface area (Å²) in [7, 11) is 0. The van der Waals surface area contributed by atoms with E-state index in [0.717, 1.165) is 38.3 Å². The van der Waals surface area contributed by atoms with Gasteiger partial charge in [0, 0.05) is 13.1 Å². The van der Waals surface area contributed by atoms with Gasteiger partial charge < -0.3 is 10.6 Å². The SMILES string of the molecule is N#CC=C(N)N1CCC(Cc2ccccc2)CC1. The normalized spacial score (nSPS) is 17.5. The lowest BCUT2D eigenvalue weighted by Crippen LogP contribution is -2.36. The van der Waals surface area contributed by atoms with Crippen molar-refractivity contribution in [2.24, 2.45) is 11.7 Å². The van der Waals surface area contributed by atoms with Gasteiger partial charge in [-0.25, -0.2) is 0 Å². The molecule has 2 N–H and O–H groups in total. The average molecular weight is 241 g/mol. The van der Waals surface area contributed by atoms with E-state index in [-0.39, 0.29) is 0 Å². The highest BCUT2D eigenvalue weighted by molar-refractivity contribution is 5.15. The molecular weight excluding hydrogens is 222 g/mol. The average Bonchev–Trinajstić information content (AvgIpc) is 2.41. The van der Waals surface area contributed by atoms with Crippen molar-refractivity contribution < 1.29 is 0 Å². The highest BCUT2D eigenvalue weighted by atomic mass is 15.2. The van der Waals surface area contributed by atoms with Crippen LogP contribution in [0, 0.1) is 17.2 Å². The summed E-state index contributed by atoms with van der Waals surface area (Å²) in [5, 5.41) is 8.58. The van der Waals surface area contributed by atoms with Crippen molar-refractivity contribution in [2.45, 2.75) is 19.3 Å². The molecule has 3 nitrogen and oxygen atoms in total. The Bertz CT molecular complexity index is 437. The van der Waals surface area contributed by atoms with Gasteiger partial charge in [0.2, 0.25) is 0 Å². The van der Waals surface area contributed by atoms with Gasteiger partial charge in [-0.05, 0) is 30.7 Å². The van der Waals surface area contributed by atoms with Crippen LogP contribution in [0.3, 0.4) is 0 Å². The fourth-order valence-electron chi connectivity index (χ4n) is 2.50. The predicted molar refractivity (Wildman–Crippen MR) is 72.3 cm³/mol. The van der Waals surface area contributed by atoms with Gasteiger partial charge in [0.25, 0.3) is 0 Å². The number of benzene rings is 1. The summed E-state index contributed by atoms with van der Waals surface area (Å²) in [5.74, 6) is 1.34. The van der Waals surface area contributed by atoms with Crippen molar-refractivity contribution in [3.05, 3.63) is 47.8 Å². The van der Waals surface area contributed by atoms with Crippen molar-refractivity contribution in [2.75, 3.05) is 13.1 Å². The lowest BCUT2D eigenvalue weighted by molar-refractivity contribution is 0.224. The largest absolute Gasteiger partial charge is 0.385 e. The van der Waals surface area contributed by atoms with Crippen LogP contribution in [0.5, 0.6) is 0 Å². The molecule has 1 saturated heterocycles. The zero-order chi connectivity index (χ0) is 12.8. The summed E-state index contributed by atoms with van der Waals surface area (Å²) in [6.07, 6.45) is 4.87. The molecule has 0 amide bonds. The molecule has 94 valence electrons. The Morgan fingerprint density at radius 3 is 2.61 bits per heavy atom. The predicted octanol–water partition coefficient (Wildman–Crippen LogP) is 2.26. The van der Waals surface area contributed by atoms with E-state index < -0.39 is 0 Å². The summed E-state index contributed by atoms with van der Waals surface area (Å²) in [4.78, 5) is 2.10. The first-order valence-corrected chi connectivity index (χ1v) is 6.43. The molecular formula is C15H19N3. The third kappa shape index (κ3) is 3.27. The fraction of sp³-hybridized carbons (Fsp3) is 0.400. The molecule has 2 rings (SSSR count). The van der Waals surface area contributed by atoms with Crippen LogP contribution in [-0.4, -0.2) is 18.0 Å². The third-order valence-electron chi connectivity index (χ3n) is 3.56. The van der Waals surface area contributed by atoms with Crippen LogP contribution in [0.2, 0.25) is 0 Å². The van der Waals surface area contributed by atoms with E-state index in [9.17, 15) is 0 Å². The van der Waals surface area contributed by atoms with Gasteiger partial charge >= 0.3 is 0 Å². The summed E-state index contributed by atoms with van der Waals surface area (Å²) in [6, 6.07) is 12.6. The Balaban J connectivity index is 1.84. The van der Waals surface area contributed by atoms with Gasteiger partial charge in [-0.3, -0.25) is 0 Å². The molecule has 0 unspecified atom stereocenters. The highest BCUT2D eigenvalue weighted by Crippen LogP contribution is 2.22. The van der Waals surface area contributed by atoms with Crippen molar-refractivity contribution in [1.82, 2.24) is 4.90 Å². The molecule has 0 aliphatic carbocycles. The summed E-state index contributed by atoms with van der Waals surface area (Å²) in [6.45, 7) is 1.92. The zero-order valence-electron chi connectivity index (χ0n) is 10.5. The third-order valence-corrected chi connectivity index (χ3v) is 3.56. The zero-order valence-corrected chi connectivity index (χ0v) is 10.5. The van der Waals surface area contributed by atoms with E-state index in [2.05, 4.69) is 35.2 Å². The van der Waals surface area contributed by atoms with E-state index in [1.54, 1.807) is 0 Å². The number of rotatable bonds is 3. The Kier molecular flexibility index (Phi) is 4.25. The summed E-state index contributed by atoms with van der Waals surface area (Å²) in [5.41, 5.74) is 7.23. The number of allylic oxidation sites excluding steroid dienone is 1. The molecule has 0 aromatic heterocycles. The number of nitriles is 1. The van der Waals surface area contributed by atoms with Crippen LogP contribution in [-0.2, 0) is 6.42 Å². The number of piperidine rings is 1. The Morgan fingerprint density at radius 1 is 1.33 bits per heavy atom. The lowest BCUT2D eigenvalue weighted by atomic mass is 9.90. The topological polar surface area (TPSA) is 53.1 Å². The summed E-state index contributed by atoms with van der Waals surface area (Å²) < 4.78 is 0. The maximum Gasteiger partial charge on any atom is 0.109 e. The second-order valence-corrected chi connectivity index (χ2v) is 4.82. The second kappa shape index (κ2) is 6.11. The molecule has 3 heteroatoms. The van der Waals surface area contributed by atoms with E-state index >= 15 is 0 Å². The number of nitrogens with two attached hydrogens (primary N) is 1. The van der Waals surface area contributed by atoms with Crippen LogP contribution >= 0.6 is 0 Å². The van der Waals surface area contributed by atoms with Crippen molar-refractivity contribution in [3.8, 4) is 6.07 Å². The summed E-state index contributed by atoms with van der Waals surface area (Å²) >= 11 is 0. The molecule has 0 spiro atoms. The first-order chi connectivity index (χ1) is 8.79. The van der Waals surface area contributed by atoms with Crippen LogP contribution in [0.4, 0.5) is 0 Å². The van der Waals surface area contributed by atoms with Gasteiger partial charge in [-0.15, -0.1) is 0 Å². The molecule has 1 aromatic carbocycles.